The number of carboxylic acid groups (broad SMARTS) is 1. The van der Waals surface area contributed by atoms with Crippen molar-refractivity contribution >= 4 is 29.3 Å². The minimum absolute atomic E-state index is 0.297. The third-order valence-electron chi connectivity index (χ3n) is 2.87. The van der Waals surface area contributed by atoms with Crippen LogP contribution in [0.4, 0.5) is 10.5 Å². The minimum atomic E-state index is -1.08. The van der Waals surface area contributed by atoms with Gasteiger partial charge < -0.3 is 20.5 Å². The van der Waals surface area contributed by atoms with Gasteiger partial charge in [-0.25, -0.2) is 9.59 Å². The Morgan fingerprint density at radius 1 is 1.43 bits per heavy atom. The number of nitrogens with one attached hydrogen (secondary N) is 2. The van der Waals surface area contributed by atoms with Crippen molar-refractivity contribution in [2.24, 2.45) is 0 Å². The second-order valence-corrected chi connectivity index (χ2v) is 5.00. The quantitative estimate of drug-likeness (QED) is 0.675. The normalized spacial score (nSPS) is 11.8. The van der Waals surface area contributed by atoms with Gasteiger partial charge in [-0.2, -0.15) is 0 Å². The number of hydrogen-bond donors (Lipinski definition) is 3. The third kappa shape index (κ3) is 6.01. The van der Waals surface area contributed by atoms with Crippen LogP contribution in [0.25, 0.3) is 0 Å². The Morgan fingerprint density at radius 3 is 2.71 bits per heavy atom. The summed E-state index contributed by atoms with van der Waals surface area (Å²) in [6.07, 6.45) is 0.843. The van der Waals surface area contributed by atoms with E-state index < -0.39 is 18.0 Å². The van der Waals surface area contributed by atoms with Crippen molar-refractivity contribution in [1.29, 1.82) is 0 Å². The second-order valence-electron chi connectivity index (χ2n) is 4.59. The predicted molar refractivity (Wildman–Crippen MR) is 80.9 cm³/mol. The van der Waals surface area contributed by atoms with Crippen LogP contribution in [0, 0.1) is 6.92 Å². The summed E-state index contributed by atoms with van der Waals surface area (Å²) in [6, 6.07) is 3.53. The number of benzene rings is 1. The zero-order chi connectivity index (χ0) is 15.8. The van der Waals surface area contributed by atoms with Gasteiger partial charge in [-0.15, -0.1) is 0 Å². The average molecular weight is 315 g/mol. The van der Waals surface area contributed by atoms with Crippen molar-refractivity contribution in [2.45, 2.75) is 25.8 Å². The number of halogens is 1. The molecule has 0 saturated carbocycles. The number of hydrogen-bond acceptors (Lipinski definition) is 3. The molecule has 1 atom stereocenters. The van der Waals surface area contributed by atoms with Gasteiger partial charge in [-0.05, 0) is 37.5 Å². The van der Waals surface area contributed by atoms with Gasteiger partial charge in [-0.1, -0.05) is 17.7 Å². The summed E-state index contributed by atoms with van der Waals surface area (Å²) in [7, 11) is 1.54. The van der Waals surface area contributed by atoms with Gasteiger partial charge in [0.05, 0.1) is 0 Å². The highest BCUT2D eigenvalue weighted by atomic mass is 35.5. The van der Waals surface area contributed by atoms with Crippen LogP contribution >= 0.6 is 11.6 Å². The van der Waals surface area contributed by atoms with Crippen LogP contribution in [0.15, 0.2) is 18.2 Å². The van der Waals surface area contributed by atoms with E-state index in [1.165, 1.54) is 7.11 Å². The first-order chi connectivity index (χ1) is 9.93. The first-order valence-electron chi connectivity index (χ1n) is 6.49. The third-order valence-corrected chi connectivity index (χ3v) is 3.28. The lowest BCUT2D eigenvalue weighted by Gasteiger charge is -2.15. The number of urea groups is 1. The molecule has 0 aliphatic heterocycles. The molecule has 1 rings (SSSR count). The highest BCUT2D eigenvalue weighted by molar-refractivity contribution is 6.31. The van der Waals surface area contributed by atoms with Crippen LogP contribution in [0.5, 0.6) is 0 Å². The van der Waals surface area contributed by atoms with Crippen LogP contribution in [-0.4, -0.2) is 36.9 Å². The van der Waals surface area contributed by atoms with E-state index in [4.69, 9.17) is 21.4 Å². The Bertz CT molecular complexity index is 508. The topological polar surface area (TPSA) is 87.7 Å². The molecule has 0 radical (unpaired) electrons. The Hall–Kier alpha value is -1.79. The molecule has 1 aromatic carbocycles. The van der Waals surface area contributed by atoms with Gasteiger partial charge >= 0.3 is 12.0 Å². The van der Waals surface area contributed by atoms with E-state index >= 15 is 0 Å². The maximum absolute atomic E-state index is 11.8. The molecule has 0 saturated heterocycles. The molecular weight excluding hydrogens is 296 g/mol. The fourth-order valence-electron chi connectivity index (χ4n) is 1.69. The molecule has 0 aliphatic rings. The fraction of sp³-hybridized carbons (Fsp3) is 0.429. The van der Waals surface area contributed by atoms with Crippen molar-refractivity contribution in [3.8, 4) is 0 Å². The molecule has 2 amide bonds. The van der Waals surface area contributed by atoms with Crippen LogP contribution in [0.2, 0.25) is 5.02 Å². The first-order valence-corrected chi connectivity index (χ1v) is 6.87. The monoisotopic (exact) mass is 314 g/mol. The van der Waals surface area contributed by atoms with Crippen LogP contribution in [0.1, 0.15) is 18.4 Å². The van der Waals surface area contributed by atoms with Crippen molar-refractivity contribution in [2.75, 3.05) is 19.0 Å². The Kier molecular flexibility index (Phi) is 6.98. The van der Waals surface area contributed by atoms with Gasteiger partial charge in [0.1, 0.15) is 6.04 Å². The summed E-state index contributed by atoms with van der Waals surface area (Å²) in [5.74, 6) is -1.08. The summed E-state index contributed by atoms with van der Waals surface area (Å²) in [5, 5.41) is 14.6. The SMILES string of the molecule is COCCCC(NC(=O)Nc1ccc(C)c(Cl)c1)C(=O)O. The lowest BCUT2D eigenvalue weighted by molar-refractivity contribution is -0.139. The van der Waals surface area contributed by atoms with Crippen molar-refractivity contribution in [1.82, 2.24) is 5.32 Å². The number of ether oxygens (including phenoxy) is 1. The number of anilines is 1. The van der Waals surface area contributed by atoms with E-state index in [-0.39, 0.29) is 0 Å². The molecule has 21 heavy (non-hydrogen) atoms. The summed E-state index contributed by atoms with van der Waals surface area (Å²) in [4.78, 5) is 22.9. The Labute approximate surface area is 128 Å². The van der Waals surface area contributed by atoms with E-state index in [9.17, 15) is 9.59 Å². The predicted octanol–water partition coefficient (Wildman–Crippen LogP) is 2.65. The number of carbonyl (C=O) groups is 2. The van der Waals surface area contributed by atoms with Gasteiger partial charge in [-0.3, -0.25) is 0 Å². The van der Waals surface area contributed by atoms with Crippen molar-refractivity contribution in [3.05, 3.63) is 28.8 Å². The van der Waals surface area contributed by atoms with E-state index in [1.807, 2.05) is 6.92 Å². The molecule has 0 spiro atoms. The largest absolute Gasteiger partial charge is 0.480 e. The van der Waals surface area contributed by atoms with E-state index in [1.54, 1.807) is 18.2 Å². The minimum Gasteiger partial charge on any atom is -0.480 e. The maximum Gasteiger partial charge on any atom is 0.326 e. The van der Waals surface area contributed by atoms with Gasteiger partial charge in [0, 0.05) is 24.4 Å². The molecule has 3 N–H and O–H groups in total. The summed E-state index contributed by atoms with van der Waals surface area (Å²) >= 11 is 5.96. The molecule has 7 heteroatoms. The molecule has 0 aromatic heterocycles. The van der Waals surface area contributed by atoms with Crippen LogP contribution in [0.3, 0.4) is 0 Å². The van der Waals surface area contributed by atoms with Gasteiger partial charge in [0.25, 0.3) is 0 Å². The lowest BCUT2D eigenvalue weighted by Crippen LogP contribution is -2.43. The molecule has 6 nitrogen and oxygen atoms in total. The number of carboxylic acids is 1. The molecule has 0 heterocycles. The Morgan fingerprint density at radius 2 is 2.14 bits per heavy atom. The van der Waals surface area contributed by atoms with Gasteiger partial charge in [0.2, 0.25) is 0 Å². The number of methoxy groups -OCH3 is 1. The number of aliphatic carboxylic acids is 1. The standard InChI is InChI=1S/C14H19ClN2O4/c1-9-5-6-10(8-11(9)15)16-14(20)17-12(13(18)19)4-3-7-21-2/h5-6,8,12H,3-4,7H2,1-2H3,(H,18,19)(H2,16,17,20). The number of rotatable bonds is 7. The molecule has 0 bridgehead atoms. The highest BCUT2D eigenvalue weighted by Crippen LogP contribution is 2.19. The first kappa shape index (κ1) is 17.3. The Balaban J connectivity index is 2.56. The zero-order valence-electron chi connectivity index (χ0n) is 12.0. The summed E-state index contributed by atoms with van der Waals surface area (Å²) in [6.45, 7) is 2.29. The van der Waals surface area contributed by atoms with Gasteiger partial charge in [0.15, 0.2) is 0 Å². The van der Waals surface area contributed by atoms with Crippen LogP contribution in [-0.2, 0) is 9.53 Å². The molecule has 1 aromatic rings. The van der Waals surface area contributed by atoms with E-state index in [2.05, 4.69) is 10.6 Å². The fourth-order valence-corrected chi connectivity index (χ4v) is 1.87. The smallest absolute Gasteiger partial charge is 0.326 e. The second kappa shape index (κ2) is 8.49. The number of aryl methyl sites for hydroxylation is 1. The summed E-state index contributed by atoms with van der Waals surface area (Å²) < 4.78 is 4.86. The van der Waals surface area contributed by atoms with Crippen molar-refractivity contribution < 1.29 is 19.4 Å². The highest BCUT2D eigenvalue weighted by Gasteiger charge is 2.19. The average Bonchev–Trinajstić information content (AvgIpc) is 2.42. The zero-order valence-corrected chi connectivity index (χ0v) is 12.7. The molecule has 116 valence electrons. The maximum atomic E-state index is 11.8. The van der Waals surface area contributed by atoms with E-state index in [0.717, 1.165) is 5.56 Å². The lowest BCUT2D eigenvalue weighted by atomic mass is 10.1. The molecule has 0 aliphatic carbocycles. The molecule has 1 unspecified atom stereocenters. The number of carbonyl (C=O) groups excluding carboxylic acids is 1. The van der Waals surface area contributed by atoms with E-state index in [0.29, 0.717) is 30.2 Å². The summed E-state index contributed by atoms with van der Waals surface area (Å²) in [5.41, 5.74) is 1.40. The van der Waals surface area contributed by atoms with Crippen molar-refractivity contribution in [3.63, 3.8) is 0 Å². The van der Waals surface area contributed by atoms with Crippen LogP contribution < -0.4 is 10.6 Å². The molecule has 0 fully saturated rings. The molecular formula is C14H19ClN2O4. The number of amides is 2.